The molecule has 0 radical (unpaired) electrons. The molecule has 0 atom stereocenters. The van der Waals surface area contributed by atoms with E-state index >= 15 is 0 Å². The molecule has 0 aromatic rings. The Morgan fingerprint density at radius 1 is 1.15 bits per heavy atom. The first-order valence-electron chi connectivity index (χ1n) is 3.03. The molecule has 0 saturated carbocycles. The zero-order chi connectivity index (χ0) is 8.57. The van der Waals surface area contributed by atoms with E-state index in [2.05, 4.69) is 0 Å². The van der Waals surface area contributed by atoms with Gasteiger partial charge in [-0.05, 0) is 28.1 Å². The summed E-state index contributed by atoms with van der Waals surface area (Å²) >= 11 is 0. The quantitative estimate of drug-likeness (QED) is 0.415. The van der Waals surface area contributed by atoms with Gasteiger partial charge in [0, 0.05) is 0 Å². The van der Waals surface area contributed by atoms with Gasteiger partial charge in [0.15, 0.2) is 7.62 Å². The summed E-state index contributed by atoms with van der Waals surface area (Å²) in [6.07, 6.45) is 0. The van der Waals surface area contributed by atoms with E-state index in [1.165, 1.54) is 0 Å². The van der Waals surface area contributed by atoms with Gasteiger partial charge in [-0.1, -0.05) is 22.3 Å². The predicted molar refractivity (Wildman–Crippen MR) is 79.6 cm³/mol. The van der Waals surface area contributed by atoms with E-state index in [9.17, 15) is 0 Å². The van der Waals surface area contributed by atoms with E-state index in [4.69, 9.17) is 20.6 Å². The third kappa shape index (κ3) is 32.6. The van der Waals surface area contributed by atoms with Crippen LogP contribution in [-0.2, 0) is 0 Å². The van der Waals surface area contributed by atoms with Crippen molar-refractivity contribution >= 4 is 52.8 Å². The number of nitrogens with two attached hydrogens (primary N) is 1. The number of hydrogen-bond donors (Lipinski definition) is 4. The fourth-order valence-electron chi connectivity index (χ4n) is 0.0778. The molecular formula is C3H26N4Si6. The van der Waals surface area contributed by atoms with Gasteiger partial charge < -0.3 is 20.6 Å². The summed E-state index contributed by atoms with van der Waals surface area (Å²) < 4.78 is 0. The number of hydrogen-bond acceptors (Lipinski definition) is 3. The van der Waals surface area contributed by atoms with Crippen LogP contribution < -0.4 is 5.40 Å². The Labute approximate surface area is 95.6 Å². The van der Waals surface area contributed by atoms with Crippen molar-refractivity contribution in [1.82, 2.24) is 0 Å². The first-order chi connectivity index (χ1) is 4.59. The largest absolute Gasteiger partial charge is 0.419 e. The van der Waals surface area contributed by atoms with Crippen molar-refractivity contribution in [3.63, 3.8) is 0 Å². The number of nitrogens with one attached hydrogen (secondary N) is 3. The summed E-state index contributed by atoms with van der Waals surface area (Å²) in [6, 6.07) is 0. The molecule has 0 aliphatic rings. The third-order valence-electron chi connectivity index (χ3n) is 0.435. The minimum Gasteiger partial charge on any atom is -0.419 e. The minimum absolute atomic E-state index is 0. The van der Waals surface area contributed by atoms with E-state index in [1.807, 2.05) is 0 Å². The molecule has 0 amide bonds. The van der Waals surface area contributed by atoms with Crippen LogP contribution in [0.25, 0.3) is 0 Å². The molecule has 0 aromatic heterocycles. The smallest absolute Gasteiger partial charge is 0.254 e. The molecule has 4 nitrogen and oxygen atoms in total. The Morgan fingerprint density at radius 2 is 1.38 bits per heavy atom. The average molecular weight is 287 g/mol. The van der Waals surface area contributed by atoms with Crippen molar-refractivity contribution < 1.29 is 0 Å². The highest BCUT2D eigenvalue weighted by atomic mass is 29.5. The maximum atomic E-state index is 6.96. The van der Waals surface area contributed by atoms with Crippen LogP contribution in [0.5, 0.6) is 0 Å². The van der Waals surface area contributed by atoms with Gasteiger partial charge in [-0.15, -0.1) is 0 Å². The van der Waals surface area contributed by atoms with E-state index in [1.54, 1.807) is 19.5 Å². The topological polar surface area (TPSA) is 97.6 Å². The van der Waals surface area contributed by atoms with Crippen molar-refractivity contribution in [3.8, 4) is 0 Å². The lowest BCUT2D eigenvalue weighted by atomic mass is 12.0. The summed E-state index contributed by atoms with van der Waals surface area (Å²) in [5, 5.41) is 25.6. The van der Waals surface area contributed by atoms with Gasteiger partial charge in [-0.25, -0.2) is 0 Å². The van der Waals surface area contributed by atoms with E-state index in [-0.39, 0.29) is 22.3 Å². The second-order valence-corrected chi connectivity index (χ2v) is 29.6. The molecule has 0 aliphatic carbocycles. The predicted octanol–water partition coefficient (Wildman–Crippen LogP) is -2.48. The Kier molecular flexibility index (Phi) is 51.4. The van der Waals surface area contributed by atoms with Gasteiger partial charge in [0.1, 0.15) is 8.83 Å². The van der Waals surface area contributed by atoms with Crippen molar-refractivity contribution in [2.75, 3.05) is 0 Å². The fourth-order valence-corrected chi connectivity index (χ4v) is 2.10. The summed E-state index contributed by atoms with van der Waals surface area (Å²) in [6.45, 7) is 0. The van der Waals surface area contributed by atoms with Crippen molar-refractivity contribution in [2.24, 2.45) is 5.40 Å². The molecule has 10 heteroatoms. The molecule has 0 fully saturated rings. The summed E-state index contributed by atoms with van der Waals surface area (Å²) in [5.41, 5.74) is 0. The summed E-state index contributed by atoms with van der Waals surface area (Å²) in [7, 11) is 0.291. The van der Waals surface area contributed by atoms with Crippen LogP contribution in [0.2, 0.25) is 0 Å². The van der Waals surface area contributed by atoms with E-state index < -0.39 is 24.7 Å². The van der Waals surface area contributed by atoms with Crippen molar-refractivity contribution in [2.45, 2.75) is 22.3 Å². The van der Waals surface area contributed by atoms with Crippen molar-refractivity contribution in [1.29, 1.82) is 15.2 Å². The van der Waals surface area contributed by atoms with E-state index in [0.29, 0.717) is 8.55 Å². The second-order valence-electron chi connectivity index (χ2n) is 1.68. The first kappa shape index (κ1) is 29.2. The molecule has 13 heavy (non-hydrogen) atoms. The molecule has 5 N–H and O–H groups in total. The van der Waals surface area contributed by atoms with Crippen molar-refractivity contribution in [3.05, 3.63) is 0 Å². The average Bonchev–Trinajstić information content (AvgIpc) is 1.88. The molecule has 0 aromatic carbocycles. The Bertz CT molecular complexity index is 138. The Hall–Kier alpha value is 0.501. The molecule has 82 valence electrons. The van der Waals surface area contributed by atoms with Gasteiger partial charge in [0.05, 0.1) is 0 Å². The molecule has 0 heterocycles. The first-order valence-corrected chi connectivity index (χ1v) is 20.8. The van der Waals surface area contributed by atoms with Crippen LogP contribution in [0.1, 0.15) is 22.3 Å². The van der Waals surface area contributed by atoms with Crippen LogP contribution in [0.15, 0.2) is 0 Å². The highest BCUT2D eigenvalue weighted by Crippen LogP contribution is 1.51. The zero-order valence-electron chi connectivity index (χ0n) is 6.36. The second kappa shape index (κ2) is 22.9. The SMILES string of the molecule is C.C.C.N=[SiH][Si](=N)[Si](=N)N.[SiH3][SiH2][SiH3]. The molecule has 0 aliphatic heterocycles. The molecule has 0 saturated heterocycles. The zero-order valence-corrected chi connectivity index (χ0v) is 14.9. The maximum Gasteiger partial charge on any atom is 0.254 e. The monoisotopic (exact) mass is 286 g/mol. The molecule has 0 spiro atoms. The number of rotatable bonds is 2. The van der Waals surface area contributed by atoms with E-state index in [0.717, 1.165) is 0 Å². The van der Waals surface area contributed by atoms with Crippen LogP contribution in [0.4, 0.5) is 0 Å². The molecular weight excluding hydrogens is 261 g/mol. The van der Waals surface area contributed by atoms with Crippen LogP contribution in [0.3, 0.4) is 0 Å². The molecule has 0 unspecified atom stereocenters. The normalized spacial score (nSPS) is 6.77. The van der Waals surface area contributed by atoms with Crippen LogP contribution in [-0.4, -0.2) is 52.8 Å². The fraction of sp³-hybridized carbons (Fsp3) is 1.00. The van der Waals surface area contributed by atoms with Crippen LogP contribution >= 0.6 is 0 Å². The van der Waals surface area contributed by atoms with Crippen LogP contribution in [0, 0.1) is 15.2 Å². The Balaban J connectivity index is -0.0000000320. The molecule has 0 rings (SSSR count). The highest BCUT2D eigenvalue weighted by molar-refractivity contribution is 7.31. The lowest BCUT2D eigenvalue weighted by molar-refractivity contribution is 1.53. The summed E-state index contributed by atoms with van der Waals surface area (Å²) in [5.74, 6) is 0. The Morgan fingerprint density at radius 3 is 1.38 bits per heavy atom. The summed E-state index contributed by atoms with van der Waals surface area (Å²) in [4.78, 5) is 0. The highest BCUT2D eigenvalue weighted by Gasteiger charge is 1.96. The third-order valence-corrected chi connectivity index (χ3v) is 8.01. The van der Waals surface area contributed by atoms with Gasteiger partial charge in [0.2, 0.25) is 0 Å². The molecule has 0 bridgehead atoms. The lowest BCUT2D eigenvalue weighted by Gasteiger charge is -1.80. The minimum atomic E-state index is -1.60. The van der Waals surface area contributed by atoms with Gasteiger partial charge in [-0.2, -0.15) is 0 Å². The van der Waals surface area contributed by atoms with Gasteiger partial charge in [-0.3, -0.25) is 0 Å². The standard InChI is InChI=1S/3CH4.H6N4Si3.H8Si3/c;;;1-5-7(4)6(2)3;1-3-2/h3*1H4;1-2,4-5H,3H2;3H2,1-2H3. The van der Waals surface area contributed by atoms with Gasteiger partial charge >= 0.3 is 0 Å². The lowest BCUT2D eigenvalue weighted by Crippen LogP contribution is -2.29. The van der Waals surface area contributed by atoms with Gasteiger partial charge in [0.25, 0.3) is 8.27 Å². The maximum absolute atomic E-state index is 6.96.